The van der Waals surface area contributed by atoms with E-state index in [2.05, 4.69) is 11.4 Å². The highest BCUT2D eigenvalue weighted by Gasteiger charge is 2.21. The molecule has 0 bridgehead atoms. The molecule has 0 heterocycles. The Morgan fingerprint density at radius 2 is 1.78 bits per heavy atom. The predicted octanol–water partition coefficient (Wildman–Crippen LogP) is 1.97. The molecule has 18 heavy (non-hydrogen) atoms. The maximum absolute atomic E-state index is 12.0. The van der Waals surface area contributed by atoms with Crippen molar-refractivity contribution in [3.63, 3.8) is 0 Å². The normalized spacial score (nSPS) is 15.9. The number of sulfone groups is 1. The molecule has 0 amide bonds. The first-order chi connectivity index (χ1) is 8.44. The molecule has 1 N–H and O–H groups in total. The van der Waals surface area contributed by atoms with Crippen LogP contribution >= 0.6 is 0 Å². The molecule has 1 aromatic carbocycles. The second-order valence-electron chi connectivity index (χ2n) is 5.32. The topological polar surface area (TPSA) is 46.2 Å². The van der Waals surface area contributed by atoms with Crippen LogP contribution in [0.5, 0.6) is 0 Å². The molecule has 0 radical (unpaired) electrons. The van der Waals surface area contributed by atoms with Gasteiger partial charge in [0, 0.05) is 12.6 Å². The molecule has 1 saturated carbocycles. The predicted molar refractivity (Wildman–Crippen MR) is 74.4 cm³/mol. The largest absolute Gasteiger partial charge is 0.313 e. The van der Waals surface area contributed by atoms with Crippen molar-refractivity contribution in [1.29, 1.82) is 0 Å². The smallest absolute Gasteiger partial charge is 0.155 e. The maximum atomic E-state index is 12.0. The standard InChI is InChI=1S/C14H21NO2S/c1-11-7-12(2)9-13(8-11)10-18(16,17)6-5-15-14-3-4-14/h7-9,14-15H,3-6,10H2,1-2H3. The molecule has 1 aromatic rings. The van der Waals surface area contributed by atoms with E-state index in [0.717, 1.165) is 16.7 Å². The van der Waals surface area contributed by atoms with Crippen molar-refractivity contribution >= 4 is 9.84 Å². The number of hydrogen-bond acceptors (Lipinski definition) is 3. The Morgan fingerprint density at radius 1 is 1.17 bits per heavy atom. The number of benzene rings is 1. The minimum atomic E-state index is -3.00. The second-order valence-corrected chi connectivity index (χ2v) is 7.50. The van der Waals surface area contributed by atoms with Crippen molar-refractivity contribution in [2.45, 2.75) is 38.5 Å². The van der Waals surface area contributed by atoms with Gasteiger partial charge in [-0.1, -0.05) is 29.3 Å². The number of rotatable bonds is 6. The number of hydrogen-bond donors (Lipinski definition) is 1. The van der Waals surface area contributed by atoms with E-state index in [1.54, 1.807) is 0 Å². The molecule has 100 valence electrons. The lowest BCUT2D eigenvalue weighted by Gasteiger charge is -2.07. The Bertz CT molecular complexity index is 498. The van der Waals surface area contributed by atoms with E-state index < -0.39 is 9.84 Å². The van der Waals surface area contributed by atoms with Crippen LogP contribution in [0.1, 0.15) is 29.5 Å². The Balaban J connectivity index is 1.92. The molecule has 3 nitrogen and oxygen atoms in total. The van der Waals surface area contributed by atoms with Crippen molar-refractivity contribution < 1.29 is 8.42 Å². The highest BCUT2D eigenvalue weighted by molar-refractivity contribution is 7.90. The Morgan fingerprint density at radius 3 is 2.33 bits per heavy atom. The molecule has 0 unspecified atom stereocenters. The zero-order valence-corrected chi connectivity index (χ0v) is 11.9. The lowest BCUT2D eigenvalue weighted by molar-refractivity contribution is 0.589. The highest BCUT2D eigenvalue weighted by Crippen LogP contribution is 2.18. The van der Waals surface area contributed by atoms with Crippen LogP contribution in [0.25, 0.3) is 0 Å². The molecular formula is C14H21NO2S. The summed E-state index contributed by atoms with van der Waals surface area (Å²) in [7, 11) is -3.00. The third-order valence-corrected chi connectivity index (χ3v) is 4.69. The summed E-state index contributed by atoms with van der Waals surface area (Å²) in [5.74, 6) is 0.387. The van der Waals surface area contributed by atoms with Gasteiger partial charge in [0.25, 0.3) is 0 Å². The molecule has 4 heteroatoms. The van der Waals surface area contributed by atoms with Gasteiger partial charge in [-0.2, -0.15) is 0 Å². The minimum Gasteiger partial charge on any atom is -0.313 e. The fraction of sp³-hybridized carbons (Fsp3) is 0.571. The lowest BCUT2D eigenvalue weighted by atomic mass is 10.1. The van der Waals surface area contributed by atoms with Gasteiger partial charge < -0.3 is 5.32 Å². The summed E-state index contributed by atoms with van der Waals surface area (Å²) >= 11 is 0. The Labute approximate surface area is 110 Å². The summed E-state index contributed by atoms with van der Waals surface area (Å²) in [4.78, 5) is 0. The van der Waals surface area contributed by atoms with Crippen LogP contribution in [0, 0.1) is 13.8 Å². The molecule has 2 rings (SSSR count). The van der Waals surface area contributed by atoms with Gasteiger partial charge in [-0.15, -0.1) is 0 Å². The van der Waals surface area contributed by atoms with Crippen LogP contribution in [-0.4, -0.2) is 26.8 Å². The summed E-state index contributed by atoms with van der Waals surface area (Å²) in [6, 6.07) is 6.55. The van der Waals surface area contributed by atoms with Crippen molar-refractivity contribution in [1.82, 2.24) is 5.32 Å². The molecule has 0 saturated heterocycles. The third kappa shape index (κ3) is 4.42. The highest BCUT2D eigenvalue weighted by atomic mass is 32.2. The second kappa shape index (κ2) is 5.41. The van der Waals surface area contributed by atoms with E-state index in [9.17, 15) is 8.42 Å². The third-order valence-electron chi connectivity index (χ3n) is 3.09. The summed E-state index contributed by atoms with van der Waals surface area (Å²) in [6.07, 6.45) is 2.38. The van der Waals surface area contributed by atoms with Crippen LogP contribution < -0.4 is 5.32 Å². The fourth-order valence-corrected chi connectivity index (χ4v) is 3.43. The van der Waals surface area contributed by atoms with E-state index in [-0.39, 0.29) is 11.5 Å². The summed E-state index contributed by atoms with van der Waals surface area (Å²) < 4.78 is 24.0. The van der Waals surface area contributed by atoms with Crippen LogP contribution in [0.2, 0.25) is 0 Å². The van der Waals surface area contributed by atoms with Gasteiger partial charge in [0.05, 0.1) is 11.5 Å². The first kappa shape index (κ1) is 13.6. The van der Waals surface area contributed by atoms with Crippen LogP contribution in [-0.2, 0) is 15.6 Å². The first-order valence-corrected chi connectivity index (χ1v) is 8.28. The van der Waals surface area contributed by atoms with Gasteiger partial charge >= 0.3 is 0 Å². The van der Waals surface area contributed by atoms with Crippen molar-refractivity contribution in [2.75, 3.05) is 12.3 Å². The average Bonchev–Trinajstić information content (AvgIpc) is 2.98. The maximum Gasteiger partial charge on any atom is 0.155 e. The van der Waals surface area contributed by atoms with E-state index in [0.29, 0.717) is 12.6 Å². The van der Waals surface area contributed by atoms with Crippen molar-refractivity contribution in [3.05, 3.63) is 34.9 Å². The zero-order valence-electron chi connectivity index (χ0n) is 11.1. The van der Waals surface area contributed by atoms with Gasteiger partial charge in [0.15, 0.2) is 9.84 Å². The van der Waals surface area contributed by atoms with E-state index in [1.807, 2.05) is 26.0 Å². The summed E-state index contributed by atoms with van der Waals surface area (Å²) in [5, 5.41) is 3.24. The molecule has 1 aliphatic carbocycles. The molecule has 0 spiro atoms. The Hall–Kier alpha value is -0.870. The van der Waals surface area contributed by atoms with Crippen molar-refractivity contribution in [2.24, 2.45) is 0 Å². The molecule has 1 fully saturated rings. The summed E-state index contributed by atoms with van der Waals surface area (Å²) in [6.45, 7) is 4.58. The van der Waals surface area contributed by atoms with Gasteiger partial charge in [-0.3, -0.25) is 0 Å². The number of nitrogens with one attached hydrogen (secondary N) is 1. The van der Waals surface area contributed by atoms with Gasteiger partial charge in [-0.25, -0.2) is 8.42 Å². The quantitative estimate of drug-likeness (QED) is 0.857. The minimum absolute atomic E-state index is 0.155. The van der Waals surface area contributed by atoms with E-state index >= 15 is 0 Å². The van der Waals surface area contributed by atoms with Gasteiger partial charge in [-0.05, 0) is 32.3 Å². The fourth-order valence-electron chi connectivity index (χ4n) is 2.18. The summed E-state index contributed by atoms with van der Waals surface area (Å²) in [5.41, 5.74) is 3.14. The first-order valence-electron chi connectivity index (χ1n) is 6.46. The monoisotopic (exact) mass is 267 g/mol. The number of aryl methyl sites for hydroxylation is 2. The average molecular weight is 267 g/mol. The van der Waals surface area contributed by atoms with E-state index in [4.69, 9.17) is 0 Å². The van der Waals surface area contributed by atoms with Gasteiger partial charge in [0.1, 0.15) is 0 Å². The lowest BCUT2D eigenvalue weighted by Crippen LogP contribution is -2.25. The molecule has 0 atom stereocenters. The molecule has 1 aliphatic rings. The molecule has 0 aliphatic heterocycles. The SMILES string of the molecule is Cc1cc(C)cc(CS(=O)(=O)CCNC2CC2)c1. The van der Waals surface area contributed by atoms with Crippen LogP contribution in [0.15, 0.2) is 18.2 Å². The zero-order chi connectivity index (χ0) is 13.2. The van der Waals surface area contributed by atoms with Crippen molar-refractivity contribution in [3.8, 4) is 0 Å². The molecular weight excluding hydrogens is 246 g/mol. The van der Waals surface area contributed by atoms with Gasteiger partial charge in [0.2, 0.25) is 0 Å². The Kier molecular flexibility index (Phi) is 4.07. The van der Waals surface area contributed by atoms with Crippen LogP contribution in [0.3, 0.4) is 0 Å². The molecule has 0 aromatic heterocycles. The van der Waals surface area contributed by atoms with E-state index in [1.165, 1.54) is 12.8 Å². The van der Waals surface area contributed by atoms with Crippen LogP contribution in [0.4, 0.5) is 0 Å².